The van der Waals surface area contributed by atoms with Gasteiger partial charge in [0.25, 0.3) is 0 Å². The molecular formula is C22H38O4. The lowest BCUT2D eigenvalue weighted by Gasteiger charge is -2.05. The van der Waals surface area contributed by atoms with Crippen LogP contribution in [0.15, 0.2) is 103 Å². The van der Waals surface area contributed by atoms with E-state index in [1.165, 1.54) is 0 Å². The van der Waals surface area contributed by atoms with Gasteiger partial charge in [-0.1, -0.05) is 13.2 Å². The molecule has 0 heterocycles. The molecular weight excluding hydrogens is 328 g/mol. The number of esters is 2. The Kier molecular flexibility index (Phi) is 96.1. The molecule has 0 fully saturated rings. The highest BCUT2D eigenvalue weighted by Crippen LogP contribution is 1.94. The zero-order valence-electron chi connectivity index (χ0n) is 16.9. The van der Waals surface area contributed by atoms with Crippen LogP contribution < -0.4 is 0 Å². The fourth-order valence-electron chi connectivity index (χ4n) is 0.515. The van der Waals surface area contributed by atoms with E-state index in [2.05, 4.69) is 102 Å². The van der Waals surface area contributed by atoms with E-state index in [4.69, 9.17) is 0 Å². The van der Waals surface area contributed by atoms with Crippen molar-refractivity contribution in [3.8, 4) is 0 Å². The van der Waals surface area contributed by atoms with Crippen LogP contribution in [0.2, 0.25) is 0 Å². The fourth-order valence-corrected chi connectivity index (χ4v) is 0.515. The number of hydrogen-bond acceptors (Lipinski definition) is 4. The van der Waals surface area contributed by atoms with Crippen molar-refractivity contribution in [1.82, 2.24) is 0 Å². The van der Waals surface area contributed by atoms with Gasteiger partial charge in [-0.25, -0.2) is 9.59 Å². The molecule has 0 aromatic carbocycles. The normalized spacial score (nSPS) is 5.77. The van der Waals surface area contributed by atoms with Gasteiger partial charge in [-0.05, 0) is 13.8 Å². The molecule has 0 saturated heterocycles. The summed E-state index contributed by atoms with van der Waals surface area (Å²) >= 11 is 0. The third-order valence-corrected chi connectivity index (χ3v) is 1.25. The summed E-state index contributed by atoms with van der Waals surface area (Å²) < 4.78 is 9.38. The molecule has 150 valence electrons. The minimum absolute atomic E-state index is 0.0325. The van der Waals surface area contributed by atoms with Gasteiger partial charge in [0.05, 0.1) is 0 Å². The van der Waals surface area contributed by atoms with Crippen LogP contribution in [0.4, 0.5) is 0 Å². The Morgan fingerprint density at radius 2 is 0.692 bits per heavy atom. The second-order valence-electron chi connectivity index (χ2n) is 2.83. The molecule has 4 nitrogen and oxygen atoms in total. The number of carbonyl (C=O) groups is 2. The molecule has 0 aromatic rings. The molecule has 0 spiro atoms. The van der Waals surface area contributed by atoms with E-state index < -0.39 is 11.9 Å². The summed E-state index contributed by atoms with van der Waals surface area (Å²) in [5.74, 6) is -0.979. The monoisotopic (exact) mass is 366 g/mol. The molecule has 0 rings (SSSR count). The van der Waals surface area contributed by atoms with Gasteiger partial charge in [-0.3, -0.25) is 0 Å². The molecule has 0 saturated carbocycles. The summed E-state index contributed by atoms with van der Waals surface area (Å²) in [6.45, 7) is 46.0. The Hall–Kier alpha value is -3.14. The standard InChI is InChI=1S/C10H14O4.6C2H4/c1-7(2)9(11)13-5-6-14-10(12)8(3)4;6*1-2/h1,3,5-6H2,2,4H3;6*1-2H2. The Balaban J connectivity index is -0.0000000507. The Morgan fingerprint density at radius 1 is 0.538 bits per heavy atom. The van der Waals surface area contributed by atoms with Crippen molar-refractivity contribution in [2.24, 2.45) is 0 Å². The van der Waals surface area contributed by atoms with Gasteiger partial charge >= 0.3 is 11.9 Å². The Morgan fingerprint density at radius 3 is 0.808 bits per heavy atom. The van der Waals surface area contributed by atoms with Crippen molar-refractivity contribution in [3.63, 3.8) is 0 Å². The van der Waals surface area contributed by atoms with E-state index >= 15 is 0 Å². The van der Waals surface area contributed by atoms with Crippen LogP contribution in [0.5, 0.6) is 0 Å². The highest BCUT2D eigenvalue weighted by molar-refractivity contribution is 5.87. The molecule has 0 N–H and O–H groups in total. The van der Waals surface area contributed by atoms with Gasteiger partial charge in [0.1, 0.15) is 13.2 Å². The predicted octanol–water partition coefficient (Wildman–Crippen LogP) is 6.04. The third kappa shape index (κ3) is 58.5. The van der Waals surface area contributed by atoms with E-state index in [0.717, 1.165) is 0 Å². The second-order valence-corrected chi connectivity index (χ2v) is 2.83. The number of ether oxygens (including phenoxy) is 2. The summed E-state index contributed by atoms with van der Waals surface area (Å²) in [6.07, 6.45) is 0. The lowest BCUT2D eigenvalue weighted by Crippen LogP contribution is -2.14. The van der Waals surface area contributed by atoms with Crippen LogP contribution in [0.25, 0.3) is 0 Å². The molecule has 0 aromatic heterocycles. The van der Waals surface area contributed by atoms with Crippen LogP contribution in [0, 0.1) is 0 Å². The quantitative estimate of drug-likeness (QED) is 0.258. The van der Waals surface area contributed by atoms with Crippen LogP contribution in [0.1, 0.15) is 13.8 Å². The maximum atomic E-state index is 10.8. The molecule has 0 aliphatic rings. The minimum atomic E-state index is -0.489. The van der Waals surface area contributed by atoms with Crippen LogP contribution in [0.3, 0.4) is 0 Å². The molecule has 0 aliphatic carbocycles. The minimum Gasteiger partial charge on any atom is -0.459 e. The van der Waals surface area contributed by atoms with Crippen molar-refractivity contribution >= 4 is 11.9 Å². The maximum absolute atomic E-state index is 10.8. The van der Waals surface area contributed by atoms with Crippen molar-refractivity contribution in [2.75, 3.05) is 13.2 Å². The average Bonchev–Trinajstić information content (AvgIpc) is 2.73. The summed E-state index contributed by atoms with van der Waals surface area (Å²) in [5, 5.41) is 0. The van der Waals surface area contributed by atoms with Crippen molar-refractivity contribution in [2.45, 2.75) is 13.8 Å². The molecule has 0 aliphatic heterocycles. The first-order valence-corrected chi connectivity index (χ1v) is 7.10. The van der Waals surface area contributed by atoms with Gasteiger partial charge < -0.3 is 9.47 Å². The highest BCUT2D eigenvalue weighted by atomic mass is 16.6. The van der Waals surface area contributed by atoms with Crippen LogP contribution >= 0.6 is 0 Å². The van der Waals surface area contributed by atoms with Gasteiger partial charge in [-0.15, -0.1) is 78.9 Å². The Labute approximate surface area is 161 Å². The largest absolute Gasteiger partial charge is 0.459 e. The number of hydrogen-bond donors (Lipinski definition) is 0. The lowest BCUT2D eigenvalue weighted by atomic mass is 10.4. The van der Waals surface area contributed by atoms with Gasteiger partial charge in [-0.2, -0.15) is 0 Å². The first-order chi connectivity index (χ1) is 12.4. The van der Waals surface area contributed by atoms with E-state index in [1.54, 1.807) is 13.8 Å². The van der Waals surface area contributed by atoms with E-state index in [1.807, 2.05) is 0 Å². The van der Waals surface area contributed by atoms with Crippen molar-refractivity contribution in [3.05, 3.63) is 103 Å². The Bertz CT molecular complexity index is 303. The molecule has 0 unspecified atom stereocenters. The lowest BCUT2D eigenvalue weighted by molar-refractivity contribution is -0.147. The SMILES string of the molecule is C=C.C=C.C=C.C=C.C=C.C=C.C=C(C)C(=O)OCCOC(=O)C(=C)C. The van der Waals surface area contributed by atoms with Gasteiger partial charge in [0.15, 0.2) is 0 Å². The summed E-state index contributed by atoms with van der Waals surface area (Å²) in [4.78, 5) is 21.7. The molecule has 4 heteroatoms. The van der Waals surface area contributed by atoms with E-state index in [-0.39, 0.29) is 13.2 Å². The molecule has 0 radical (unpaired) electrons. The summed E-state index contributed by atoms with van der Waals surface area (Å²) in [7, 11) is 0. The fraction of sp³-hybridized carbons (Fsp3) is 0.182. The van der Waals surface area contributed by atoms with Crippen LogP contribution in [-0.4, -0.2) is 25.2 Å². The summed E-state index contributed by atoms with van der Waals surface area (Å²) in [5.41, 5.74) is 0.632. The second kappa shape index (κ2) is 57.5. The third-order valence-electron chi connectivity index (χ3n) is 1.25. The molecule has 0 atom stereocenters. The first-order valence-electron chi connectivity index (χ1n) is 7.10. The smallest absolute Gasteiger partial charge is 0.333 e. The zero-order valence-corrected chi connectivity index (χ0v) is 16.9. The van der Waals surface area contributed by atoms with Crippen LogP contribution in [-0.2, 0) is 19.1 Å². The predicted molar refractivity (Wildman–Crippen MR) is 119 cm³/mol. The number of carbonyl (C=O) groups excluding carboxylic acids is 2. The number of rotatable bonds is 5. The molecule has 0 amide bonds. The van der Waals surface area contributed by atoms with E-state index in [0.29, 0.717) is 11.1 Å². The van der Waals surface area contributed by atoms with Gasteiger partial charge in [0, 0.05) is 11.1 Å². The van der Waals surface area contributed by atoms with Gasteiger partial charge in [0.2, 0.25) is 0 Å². The summed E-state index contributed by atoms with van der Waals surface area (Å²) in [6, 6.07) is 0. The first kappa shape index (κ1) is 43.4. The van der Waals surface area contributed by atoms with Crippen molar-refractivity contribution in [1.29, 1.82) is 0 Å². The molecule has 26 heavy (non-hydrogen) atoms. The topological polar surface area (TPSA) is 52.6 Å². The van der Waals surface area contributed by atoms with Crippen molar-refractivity contribution < 1.29 is 19.1 Å². The highest BCUT2D eigenvalue weighted by Gasteiger charge is 2.05. The van der Waals surface area contributed by atoms with E-state index in [9.17, 15) is 9.59 Å². The zero-order chi connectivity index (χ0) is 23.1. The average molecular weight is 367 g/mol. The molecule has 0 bridgehead atoms. The maximum Gasteiger partial charge on any atom is 0.333 e.